The highest BCUT2D eigenvalue weighted by atomic mass is 15.1. The van der Waals surface area contributed by atoms with Crippen molar-refractivity contribution in [2.75, 3.05) is 11.1 Å². The molecule has 0 atom stereocenters. The molecular weight excluding hydrogens is 224 g/mol. The van der Waals surface area contributed by atoms with Crippen molar-refractivity contribution in [2.24, 2.45) is 0 Å². The fraction of sp³-hybridized carbons (Fsp3) is 0.286. The zero-order valence-electron chi connectivity index (χ0n) is 10.9. The topological polar surface area (TPSA) is 63.8 Å². The van der Waals surface area contributed by atoms with Crippen LogP contribution in [0.1, 0.15) is 26.3 Å². The molecule has 1 aromatic heterocycles. The molecule has 4 nitrogen and oxygen atoms in total. The van der Waals surface area contributed by atoms with Crippen LogP contribution in [0.4, 0.5) is 17.5 Å². The minimum Gasteiger partial charge on any atom is -0.368 e. The first-order valence-electron chi connectivity index (χ1n) is 5.92. The smallest absolute Gasteiger partial charge is 0.221 e. The summed E-state index contributed by atoms with van der Waals surface area (Å²) in [6, 6.07) is 10.0. The molecule has 0 aliphatic rings. The van der Waals surface area contributed by atoms with Gasteiger partial charge in [0.05, 0.1) is 0 Å². The highest BCUT2D eigenvalue weighted by molar-refractivity contribution is 5.62. The van der Waals surface area contributed by atoms with Crippen LogP contribution >= 0.6 is 0 Å². The molecule has 0 spiro atoms. The molecule has 0 aliphatic carbocycles. The van der Waals surface area contributed by atoms with Gasteiger partial charge in [0.1, 0.15) is 5.82 Å². The highest BCUT2D eigenvalue weighted by Gasteiger charge is 2.17. The number of aromatic nitrogens is 2. The Morgan fingerprint density at radius 1 is 1.11 bits per heavy atom. The van der Waals surface area contributed by atoms with Crippen molar-refractivity contribution < 1.29 is 0 Å². The molecule has 0 aliphatic heterocycles. The molecule has 0 saturated carbocycles. The van der Waals surface area contributed by atoms with E-state index in [4.69, 9.17) is 5.73 Å². The lowest BCUT2D eigenvalue weighted by molar-refractivity contribution is 0.592. The summed E-state index contributed by atoms with van der Waals surface area (Å²) >= 11 is 0. The molecule has 0 radical (unpaired) electrons. The molecule has 0 bridgehead atoms. The van der Waals surface area contributed by atoms with E-state index in [1.807, 2.05) is 18.2 Å². The Labute approximate surface area is 107 Å². The lowest BCUT2D eigenvalue weighted by atomic mass is 9.86. The van der Waals surface area contributed by atoms with E-state index in [1.54, 1.807) is 12.3 Å². The fourth-order valence-electron chi connectivity index (χ4n) is 1.83. The average molecular weight is 242 g/mol. The molecule has 4 heteroatoms. The van der Waals surface area contributed by atoms with Crippen molar-refractivity contribution in [3.05, 3.63) is 42.1 Å². The Balaban J connectivity index is 2.35. The Bertz CT molecular complexity index is 543. The maximum absolute atomic E-state index is 5.57. The van der Waals surface area contributed by atoms with Gasteiger partial charge in [0.25, 0.3) is 0 Å². The van der Waals surface area contributed by atoms with Crippen molar-refractivity contribution in [3.8, 4) is 0 Å². The van der Waals surface area contributed by atoms with E-state index in [-0.39, 0.29) is 11.4 Å². The van der Waals surface area contributed by atoms with Gasteiger partial charge in [-0.2, -0.15) is 4.98 Å². The number of para-hydroxylation sites is 1. The SMILES string of the molecule is CC(C)(C)c1ccccc1Nc1ccnc(N)n1. The number of nitrogens with two attached hydrogens (primary N) is 1. The minimum absolute atomic E-state index is 0.0716. The maximum atomic E-state index is 5.57. The largest absolute Gasteiger partial charge is 0.368 e. The molecule has 18 heavy (non-hydrogen) atoms. The number of hydrogen-bond acceptors (Lipinski definition) is 4. The van der Waals surface area contributed by atoms with Gasteiger partial charge in [-0.25, -0.2) is 4.98 Å². The number of benzene rings is 1. The van der Waals surface area contributed by atoms with Crippen molar-refractivity contribution in [3.63, 3.8) is 0 Å². The van der Waals surface area contributed by atoms with Gasteiger partial charge < -0.3 is 11.1 Å². The van der Waals surface area contributed by atoms with Gasteiger partial charge in [0.15, 0.2) is 0 Å². The van der Waals surface area contributed by atoms with Gasteiger partial charge >= 0.3 is 0 Å². The Morgan fingerprint density at radius 2 is 1.83 bits per heavy atom. The third kappa shape index (κ3) is 2.77. The predicted molar refractivity (Wildman–Crippen MR) is 74.9 cm³/mol. The average Bonchev–Trinajstić information content (AvgIpc) is 2.28. The van der Waals surface area contributed by atoms with Gasteiger partial charge in [-0.3, -0.25) is 0 Å². The zero-order chi connectivity index (χ0) is 13.2. The van der Waals surface area contributed by atoms with Crippen LogP contribution in [0.5, 0.6) is 0 Å². The molecule has 1 aromatic carbocycles. The summed E-state index contributed by atoms with van der Waals surface area (Å²) in [6.45, 7) is 6.55. The van der Waals surface area contributed by atoms with Crippen molar-refractivity contribution in [1.29, 1.82) is 0 Å². The van der Waals surface area contributed by atoms with Crippen LogP contribution in [0.3, 0.4) is 0 Å². The molecule has 94 valence electrons. The second-order valence-corrected chi connectivity index (χ2v) is 5.22. The third-order valence-electron chi connectivity index (χ3n) is 2.67. The van der Waals surface area contributed by atoms with Crippen molar-refractivity contribution in [1.82, 2.24) is 9.97 Å². The fourth-order valence-corrected chi connectivity index (χ4v) is 1.83. The van der Waals surface area contributed by atoms with Crippen LogP contribution in [0.2, 0.25) is 0 Å². The summed E-state index contributed by atoms with van der Waals surface area (Å²) in [7, 11) is 0. The molecule has 2 rings (SSSR count). The Kier molecular flexibility index (Phi) is 3.19. The zero-order valence-corrected chi connectivity index (χ0v) is 10.9. The van der Waals surface area contributed by atoms with Crippen LogP contribution < -0.4 is 11.1 Å². The molecule has 0 amide bonds. The molecule has 0 unspecified atom stereocenters. The standard InChI is InChI=1S/C14H18N4/c1-14(2,3)10-6-4-5-7-11(10)17-12-8-9-16-13(15)18-12/h4-9H,1-3H3,(H3,15,16,17,18). The molecule has 1 heterocycles. The predicted octanol–water partition coefficient (Wildman–Crippen LogP) is 3.10. The Morgan fingerprint density at radius 3 is 2.50 bits per heavy atom. The van der Waals surface area contributed by atoms with E-state index in [0.29, 0.717) is 5.82 Å². The Hall–Kier alpha value is -2.10. The number of nitrogens with zero attached hydrogens (tertiary/aromatic N) is 2. The number of hydrogen-bond donors (Lipinski definition) is 2. The molecule has 0 fully saturated rings. The van der Waals surface area contributed by atoms with E-state index in [0.717, 1.165) is 5.69 Å². The molecule has 0 saturated heterocycles. The summed E-state index contributed by atoms with van der Waals surface area (Å²) in [5.74, 6) is 0.979. The van der Waals surface area contributed by atoms with Gasteiger partial charge in [0.2, 0.25) is 5.95 Å². The summed E-state index contributed by atoms with van der Waals surface area (Å²) in [6.07, 6.45) is 1.64. The van der Waals surface area contributed by atoms with Gasteiger partial charge in [-0.1, -0.05) is 39.0 Å². The van der Waals surface area contributed by atoms with Crippen LogP contribution in [-0.2, 0) is 5.41 Å². The van der Waals surface area contributed by atoms with E-state index < -0.39 is 0 Å². The van der Waals surface area contributed by atoms with Crippen molar-refractivity contribution in [2.45, 2.75) is 26.2 Å². The monoisotopic (exact) mass is 242 g/mol. The second-order valence-electron chi connectivity index (χ2n) is 5.22. The number of rotatable bonds is 2. The lowest BCUT2D eigenvalue weighted by Gasteiger charge is -2.23. The van der Waals surface area contributed by atoms with Crippen molar-refractivity contribution >= 4 is 17.5 Å². The first kappa shape index (κ1) is 12.4. The third-order valence-corrected chi connectivity index (χ3v) is 2.67. The highest BCUT2D eigenvalue weighted by Crippen LogP contribution is 2.30. The molecule has 3 N–H and O–H groups in total. The summed E-state index contributed by atoms with van der Waals surface area (Å²) in [5.41, 5.74) is 7.93. The number of nitrogen functional groups attached to an aromatic ring is 1. The molecular formula is C14H18N4. The number of anilines is 3. The van der Waals surface area contributed by atoms with E-state index >= 15 is 0 Å². The first-order chi connectivity index (χ1) is 8.47. The summed E-state index contributed by atoms with van der Waals surface area (Å²) in [4.78, 5) is 8.03. The van der Waals surface area contributed by atoms with Crippen LogP contribution in [0.15, 0.2) is 36.5 Å². The minimum atomic E-state index is 0.0716. The quantitative estimate of drug-likeness (QED) is 0.849. The maximum Gasteiger partial charge on any atom is 0.221 e. The summed E-state index contributed by atoms with van der Waals surface area (Å²) < 4.78 is 0. The van der Waals surface area contributed by atoms with E-state index in [1.165, 1.54) is 5.56 Å². The lowest BCUT2D eigenvalue weighted by Crippen LogP contribution is -2.13. The van der Waals surface area contributed by atoms with Crippen LogP contribution in [-0.4, -0.2) is 9.97 Å². The van der Waals surface area contributed by atoms with Crippen LogP contribution in [0, 0.1) is 0 Å². The number of nitrogens with one attached hydrogen (secondary N) is 1. The van der Waals surface area contributed by atoms with E-state index in [2.05, 4.69) is 42.1 Å². The van der Waals surface area contributed by atoms with Gasteiger partial charge in [-0.15, -0.1) is 0 Å². The summed E-state index contributed by atoms with van der Waals surface area (Å²) in [5, 5.41) is 3.29. The van der Waals surface area contributed by atoms with Gasteiger partial charge in [0, 0.05) is 11.9 Å². The van der Waals surface area contributed by atoms with E-state index in [9.17, 15) is 0 Å². The van der Waals surface area contributed by atoms with Crippen LogP contribution in [0.25, 0.3) is 0 Å². The first-order valence-corrected chi connectivity index (χ1v) is 5.92. The normalized spacial score (nSPS) is 11.3. The molecule has 2 aromatic rings. The second kappa shape index (κ2) is 4.64. The van der Waals surface area contributed by atoms with Gasteiger partial charge in [-0.05, 0) is 23.1 Å².